The smallest absolute Gasteiger partial charge is 0.336 e. The van der Waals surface area contributed by atoms with Crippen molar-refractivity contribution in [2.24, 2.45) is 5.41 Å². The molecule has 0 spiro atoms. The van der Waals surface area contributed by atoms with Crippen LogP contribution in [0.15, 0.2) is 35.9 Å². The Hall–Kier alpha value is -1.81. The molecule has 0 saturated carbocycles. The first-order valence-corrected chi connectivity index (χ1v) is 6.79. The fourth-order valence-corrected chi connectivity index (χ4v) is 2.72. The van der Waals surface area contributed by atoms with E-state index in [0.29, 0.717) is 12.2 Å². The van der Waals surface area contributed by atoms with Gasteiger partial charge in [-0.25, -0.2) is 4.79 Å². The predicted molar refractivity (Wildman–Crippen MR) is 77.5 cm³/mol. The lowest BCUT2D eigenvalue weighted by Gasteiger charge is -2.28. The molecule has 0 saturated heterocycles. The first-order valence-electron chi connectivity index (χ1n) is 6.79. The van der Waals surface area contributed by atoms with Gasteiger partial charge in [-0.3, -0.25) is 0 Å². The van der Waals surface area contributed by atoms with Gasteiger partial charge in [-0.2, -0.15) is 0 Å². The van der Waals surface area contributed by atoms with Crippen LogP contribution >= 0.6 is 0 Å². The molecule has 0 aromatic heterocycles. The average Bonchev–Trinajstić information content (AvgIpc) is 2.60. The summed E-state index contributed by atoms with van der Waals surface area (Å²) in [5.41, 5.74) is 1.50. The Morgan fingerprint density at radius 1 is 1.35 bits per heavy atom. The Kier molecular flexibility index (Phi) is 3.86. The van der Waals surface area contributed by atoms with Crippen LogP contribution in [0.2, 0.25) is 0 Å². The van der Waals surface area contributed by atoms with E-state index in [-0.39, 0.29) is 5.97 Å². The molecule has 0 bridgehead atoms. The second-order valence-electron chi connectivity index (χ2n) is 5.52. The molecule has 1 aliphatic heterocycles. The first-order chi connectivity index (χ1) is 9.41. The van der Waals surface area contributed by atoms with Crippen LogP contribution in [0.25, 0.3) is 5.70 Å². The molecule has 1 aromatic carbocycles. The Balaban J connectivity index is 2.61. The van der Waals surface area contributed by atoms with Gasteiger partial charge in [-0.1, -0.05) is 44.2 Å². The highest BCUT2D eigenvalue weighted by Crippen LogP contribution is 2.46. The van der Waals surface area contributed by atoms with Crippen molar-refractivity contribution < 1.29 is 14.6 Å². The van der Waals surface area contributed by atoms with Gasteiger partial charge in [-0.05, 0) is 12.5 Å². The van der Waals surface area contributed by atoms with E-state index < -0.39 is 11.6 Å². The van der Waals surface area contributed by atoms with Crippen molar-refractivity contribution in [2.75, 3.05) is 13.7 Å². The van der Waals surface area contributed by atoms with Gasteiger partial charge in [0.2, 0.25) is 0 Å². The number of rotatable bonds is 3. The fourth-order valence-electron chi connectivity index (χ4n) is 2.72. The van der Waals surface area contributed by atoms with E-state index in [1.807, 2.05) is 44.2 Å². The number of ether oxygens (including phenoxy) is 1. The standard InChI is InChI=1S/C16H21NO3/c1-5-20-14(18)12-13(11-9-7-6-8-10-11)17(4)15(19)16(12,2)3/h6-10,15,19H,5H2,1-4H3. The largest absolute Gasteiger partial charge is 0.463 e. The number of aliphatic hydroxyl groups is 1. The zero-order chi connectivity index (χ0) is 14.9. The molecule has 4 nitrogen and oxygen atoms in total. The summed E-state index contributed by atoms with van der Waals surface area (Å²) >= 11 is 0. The molecule has 1 atom stereocenters. The van der Waals surface area contributed by atoms with E-state index >= 15 is 0 Å². The minimum atomic E-state index is -0.753. The summed E-state index contributed by atoms with van der Waals surface area (Å²) in [6.45, 7) is 5.82. The SMILES string of the molecule is CCOC(=O)C1=C(c2ccccc2)N(C)C(O)C1(C)C. The van der Waals surface area contributed by atoms with Gasteiger partial charge in [-0.15, -0.1) is 0 Å². The van der Waals surface area contributed by atoms with E-state index in [0.717, 1.165) is 11.3 Å². The third-order valence-corrected chi connectivity index (χ3v) is 3.77. The molecule has 1 N–H and O–H groups in total. The van der Waals surface area contributed by atoms with Crippen LogP contribution in [0, 0.1) is 5.41 Å². The van der Waals surface area contributed by atoms with Crippen molar-refractivity contribution in [3.8, 4) is 0 Å². The second kappa shape index (κ2) is 5.29. The van der Waals surface area contributed by atoms with Crippen molar-refractivity contribution in [1.82, 2.24) is 4.90 Å². The summed E-state index contributed by atoms with van der Waals surface area (Å²) in [5, 5.41) is 10.4. The van der Waals surface area contributed by atoms with E-state index in [1.54, 1.807) is 18.9 Å². The molecule has 4 heteroatoms. The average molecular weight is 275 g/mol. The van der Waals surface area contributed by atoms with Gasteiger partial charge in [0.25, 0.3) is 0 Å². The van der Waals surface area contributed by atoms with Crippen LogP contribution in [0.1, 0.15) is 26.3 Å². The van der Waals surface area contributed by atoms with Gasteiger partial charge in [0, 0.05) is 12.5 Å². The van der Waals surface area contributed by atoms with Crippen molar-refractivity contribution >= 4 is 11.7 Å². The number of aliphatic hydroxyl groups excluding tert-OH is 1. The molecule has 0 amide bonds. The van der Waals surface area contributed by atoms with E-state index in [9.17, 15) is 9.90 Å². The summed E-state index contributed by atoms with van der Waals surface area (Å²) in [5.74, 6) is -0.361. The molecule has 1 aliphatic rings. The molecular weight excluding hydrogens is 254 g/mol. The normalized spacial score (nSPS) is 21.2. The number of hydrogen-bond acceptors (Lipinski definition) is 4. The number of nitrogens with zero attached hydrogens (tertiary/aromatic N) is 1. The molecule has 20 heavy (non-hydrogen) atoms. The van der Waals surface area contributed by atoms with Crippen LogP contribution in [0.5, 0.6) is 0 Å². The van der Waals surface area contributed by atoms with Crippen molar-refractivity contribution in [3.05, 3.63) is 41.5 Å². The Labute approximate surface area is 119 Å². The number of carbonyl (C=O) groups excluding carboxylic acids is 1. The van der Waals surface area contributed by atoms with Gasteiger partial charge >= 0.3 is 5.97 Å². The summed E-state index contributed by atoms with van der Waals surface area (Å²) in [4.78, 5) is 14.1. The minimum absolute atomic E-state index is 0.320. The zero-order valence-corrected chi connectivity index (χ0v) is 12.4. The number of carbonyl (C=O) groups is 1. The highest BCUT2D eigenvalue weighted by Gasteiger charge is 2.48. The third kappa shape index (κ3) is 2.20. The van der Waals surface area contributed by atoms with Crippen LogP contribution in [0.4, 0.5) is 0 Å². The number of benzene rings is 1. The quantitative estimate of drug-likeness (QED) is 0.860. The minimum Gasteiger partial charge on any atom is -0.463 e. The highest BCUT2D eigenvalue weighted by molar-refractivity contribution is 6.00. The van der Waals surface area contributed by atoms with Crippen LogP contribution in [0.3, 0.4) is 0 Å². The van der Waals surface area contributed by atoms with Gasteiger partial charge in [0.1, 0.15) is 6.23 Å². The lowest BCUT2D eigenvalue weighted by atomic mass is 9.83. The van der Waals surface area contributed by atoms with Gasteiger partial charge in [0.15, 0.2) is 0 Å². The molecule has 2 rings (SSSR count). The summed E-state index contributed by atoms with van der Waals surface area (Å²) in [7, 11) is 1.79. The second-order valence-corrected chi connectivity index (χ2v) is 5.52. The predicted octanol–water partition coefficient (Wildman–Crippen LogP) is 2.25. The lowest BCUT2D eigenvalue weighted by Crippen LogP contribution is -2.37. The van der Waals surface area contributed by atoms with E-state index in [1.165, 1.54) is 0 Å². The molecule has 0 aliphatic carbocycles. The molecule has 108 valence electrons. The van der Waals surface area contributed by atoms with Crippen molar-refractivity contribution in [3.63, 3.8) is 0 Å². The van der Waals surface area contributed by atoms with Gasteiger partial charge < -0.3 is 14.7 Å². The van der Waals surface area contributed by atoms with E-state index in [2.05, 4.69) is 0 Å². The molecule has 0 fully saturated rings. The number of hydrogen-bond donors (Lipinski definition) is 1. The highest BCUT2D eigenvalue weighted by atomic mass is 16.5. The van der Waals surface area contributed by atoms with Gasteiger partial charge in [0.05, 0.1) is 17.9 Å². The van der Waals surface area contributed by atoms with Crippen LogP contribution < -0.4 is 0 Å². The number of esters is 1. The molecule has 1 aromatic rings. The van der Waals surface area contributed by atoms with Crippen molar-refractivity contribution in [2.45, 2.75) is 27.0 Å². The van der Waals surface area contributed by atoms with Crippen LogP contribution in [-0.2, 0) is 9.53 Å². The summed E-state index contributed by atoms with van der Waals surface area (Å²) < 4.78 is 5.18. The van der Waals surface area contributed by atoms with Crippen LogP contribution in [-0.4, -0.2) is 35.9 Å². The summed E-state index contributed by atoms with van der Waals surface area (Å²) in [6.07, 6.45) is -0.753. The van der Waals surface area contributed by atoms with E-state index in [4.69, 9.17) is 4.74 Å². The first kappa shape index (κ1) is 14.6. The Morgan fingerprint density at radius 3 is 2.50 bits per heavy atom. The Morgan fingerprint density at radius 2 is 1.95 bits per heavy atom. The molecule has 1 heterocycles. The summed E-state index contributed by atoms with van der Waals surface area (Å²) in [6, 6.07) is 9.61. The monoisotopic (exact) mass is 275 g/mol. The Bertz CT molecular complexity index is 534. The zero-order valence-electron chi connectivity index (χ0n) is 12.4. The fraction of sp³-hybridized carbons (Fsp3) is 0.438. The van der Waals surface area contributed by atoms with Crippen molar-refractivity contribution in [1.29, 1.82) is 0 Å². The topological polar surface area (TPSA) is 49.8 Å². The lowest BCUT2D eigenvalue weighted by molar-refractivity contribution is -0.140. The maximum atomic E-state index is 12.3. The molecule has 1 unspecified atom stereocenters. The molecular formula is C16H21NO3. The molecule has 0 radical (unpaired) electrons. The third-order valence-electron chi connectivity index (χ3n) is 3.77. The maximum absolute atomic E-state index is 12.3. The maximum Gasteiger partial charge on any atom is 0.336 e.